The van der Waals surface area contributed by atoms with Gasteiger partial charge in [0.25, 0.3) is 0 Å². The number of anilines is 6. The second-order valence-corrected chi connectivity index (χ2v) is 21.2. The Labute approximate surface area is 408 Å². The number of rotatable bonds is 8. The van der Waals surface area contributed by atoms with Crippen molar-refractivity contribution in [1.29, 1.82) is 0 Å². The summed E-state index contributed by atoms with van der Waals surface area (Å²) in [6, 6.07) is 72.9. The van der Waals surface area contributed by atoms with Gasteiger partial charge >= 0.3 is 0 Å². The standard InChI is InChI=1S/C67H58N2/c1-43-17-26-47(27-18-43)68(50-32-36-56-53-13-9-11-15-59(53)65(3,4)62(56)40-50)49-30-23-45(24-31-49)21-22-46-25-35-55-58-38-34-52(42-64(58)67(7,8)61(55)39-46)69(48-28-19-44(2)20-29-48)51-33-37-57-54-14-10-12-16-60(54)66(5,6)63(57)41-51/h9-42H,1-8H3/b22-21+. The Kier molecular flexibility index (Phi) is 9.70. The van der Waals surface area contributed by atoms with Crippen LogP contribution in [0, 0.1) is 13.8 Å². The first-order valence-electron chi connectivity index (χ1n) is 24.6. The van der Waals surface area contributed by atoms with Crippen molar-refractivity contribution in [1.82, 2.24) is 0 Å². The molecule has 2 heteroatoms. The van der Waals surface area contributed by atoms with Gasteiger partial charge in [0, 0.05) is 50.4 Å². The minimum Gasteiger partial charge on any atom is -0.310 e. The lowest BCUT2D eigenvalue weighted by atomic mass is 9.81. The summed E-state index contributed by atoms with van der Waals surface area (Å²) in [6.07, 6.45) is 4.52. The van der Waals surface area contributed by atoms with Gasteiger partial charge in [0.1, 0.15) is 0 Å². The highest BCUT2D eigenvalue weighted by atomic mass is 15.1. The maximum Gasteiger partial charge on any atom is 0.0465 e. The molecule has 0 aliphatic heterocycles. The van der Waals surface area contributed by atoms with Gasteiger partial charge in [-0.2, -0.15) is 0 Å². The first-order valence-corrected chi connectivity index (χ1v) is 24.6. The fraction of sp³-hybridized carbons (Fsp3) is 0.164. The number of hydrogen-bond acceptors (Lipinski definition) is 2. The zero-order chi connectivity index (χ0) is 47.4. The quantitative estimate of drug-likeness (QED) is 0.140. The summed E-state index contributed by atoms with van der Waals surface area (Å²) in [7, 11) is 0. The molecule has 9 aromatic carbocycles. The SMILES string of the molecule is Cc1ccc(N(c2ccc(/C=C/c3ccc4c(c3)C(C)(C)c3cc(N(c5ccc(C)cc5)c5ccc6c(c5)C(C)(C)c5ccccc5-6)ccc3-4)cc2)c2ccc3c(c2)C(C)(C)c2ccccc2-3)cc1. The van der Waals surface area contributed by atoms with E-state index in [0.717, 1.165) is 28.3 Å². The molecule has 9 aromatic rings. The molecule has 0 bridgehead atoms. The normalized spacial score (nSPS) is 15.0. The summed E-state index contributed by atoms with van der Waals surface area (Å²) in [5.41, 5.74) is 27.7. The van der Waals surface area contributed by atoms with Crippen LogP contribution in [0.2, 0.25) is 0 Å². The molecular weight excluding hydrogens is 833 g/mol. The molecule has 0 heterocycles. The van der Waals surface area contributed by atoms with E-state index in [1.165, 1.54) is 94.8 Å². The highest BCUT2D eigenvalue weighted by molar-refractivity contribution is 5.90. The minimum atomic E-state index is -0.193. The van der Waals surface area contributed by atoms with Crippen LogP contribution in [0.4, 0.5) is 34.1 Å². The second kappa shape index (κ2) is 15.7. The Balaban J connectivity index is 0.842. The first-order chi connectivity index (χ1) is 33.3. The molecule has 12 rings (SSSR count). The Bertz CT molecular complexity index is 3530. The molecule has 0 atom stereocenters. The summed E-state index contributed by atoms with van der Waals surface area (Å²) < 4.78 is 0. The van der Waals surface area contributed by atoms with Crippen LogP contribution in [0.15, 0.2) is 194 Å². The Morgan fingerprint density at radius 1 is 0.275 bits per heavy atom. The molecule has 0 saturated heterocycles. The van der Waals surface area contributed by atoms with Crippen molar-refractivity contribution in [2.75, 3.05) is 9.80 Å². The molecule has 3 aliphatic rings. The second-order valence-electron chi connectivity index (χ2n) is 21.2. The van der Waals surface area contributed by atoms with Crippen molar-refractivity contribution in [3.05, 3.63) is 250 Å². The van der Waals surface area contributed by atoms with Crippen molar-refractivity contribution in [2.24, 2.45) is 0 Å². The van der Waals surface area contributed by atoms with Crippen molar-refractivity contribution < 1.29 is 0 Å². The van der Waals surface area contributed by atoms with Gasteiger partial charge in [0.05, 0.1) is 0 Å². The van der Waals surface area contributed by atoms with E-state index in [1.807, 2.05) is 0 Å². The largest absolute Gasteiger partial charge is 0.310 e. The average Bonchev–Trinajstić information content (AvgIpc) is 3.84. The van der Waals surface area contributed by atoms with Gasteiger partial charge in [0.2, 0.25) is 0 Å². The highest BCUT2D eigenvalue weighted by Gasteiger charge is 2.39. The molecule has 2 nitrogen and oxygen atoms in total. The molecular formula is C67H58N2. The molecule has 0 unspecified atom stereocenters. The van der Waals surface area contributed by atoms with Gasteiger partial charge < -0.3 is 9.80 Å². The van der Waals surface area contributed by atoms with E-state index in [1.54, 1.807) is 0 Å². The predicted molar refractivity (Wildman–Crippen MR) is 293 cm³/mol. The van der Waals surface area contributed by atoms with Crippen molar-refractivity contribution in [3.8, 4) is 33.4 Å². The van der Waals surface area contributed by atoms with Gasteiger partial charge in [-0.3, -0.25) is 0 Å². The van der Waals surface area contributed by atoms with Gasteiger partial charge in [-0.05, 0) is 165 Å². The van der Waals surface area contributed by atoms with Crippen molar-refractivity contribution in [2.45, 2.75) is 71.6 Å². The summed E-state index contributed by atoms with van der Waals surface area (Å²) in [4.78, 5) is 4.84. The van der Waals surface area contributed by atoms with E-state index in [2.05, 4.69) is 271 Å². The third-order valence-corrected chi connectivity index (χ3v) is 15.8. The predicted octanol–water partition coefficient (Wildman–Crippen LogP) is 18.3. The van der Waals surface area contributed by atoms with E-state index in [-0.39, 0.29) is 16.2 Å². The summed E-state index contributed by atoms with van der Waals surface area (Å²) in [5, 5.41) is 0. The lowest BCUT2D eigenvalue weighted by molar-refractivity contribution is 0.660. The molecule has 0 saturated carbocycles. The van der Waals surface area contributed by atoms with E-state index < -0.39 is 0 Å². The topological polar surface area (TPSA) is 6.48 Å². The van der Waals surface area contributed by atoms with Crippen molar-refractivity contribution in [3.63, 3.8) is 0 Å². The van der Waals surface area contributed by atoms with E-state index in [4.69, 9.17) is 0 Å². The fourth-order valence-corrected chi connectivity index (χ4v) is 11.9. The molecule has 0 aromatic heterocycles. The molecule has 0 amide bonds. The molecule has 0 N–H and O–H groups in total. The molecule has 3 aliphatic carbocycles. The summed E-state index contributed by atoms with van der Waals surface area (Å²) in [6.45, 7) is 18.5. The molecule has 336 valence electrons. The number of aryl methyl sites for hydroxylation is 2. The Morgan fingerprint density at radius 2 is 0.565 bits per heavy atom. The maximum absolute atomic E-state index is 2.45. The fourth-order valence-electron chi connectivity index (χ4n) is 11.9. The van der Waals surface area contributed by atoms with Crippen molar-refractivity contribution >= 4 is 46.3 Å². The van der Waals surface area contributed by atoms with E-state index >= 15 is 0 Å². The Hall–Kier alpha value is -7.68. The highest BCUT2D eigenvalue weighted by Crippen LogP contribution is 2.54. The molecule has 0 radical (unpaired) electrons. The van der Waals surface area contributed by atoms with Crippen LogP contribution < -0.4 is 9.80 Å². The minimum absolute atomic E-state index is 0.0775. The zero-order valence-electron chi connectivity index (χ0n) is 41.0. The smallest absolute Gasteiger partial charge is 0.0465 e. The van der Waals surface area contributed by atoms with Crippen LogP contribution in [-0.2, 0) is 16.2 Å². The number of fused-ring (bicyclic) bond motifs is 9. The monoisotopic (exact) mass is 890 g/mol. The van der Waals surface area contributed by atoms with Crippen LogP contribution in [0.3, 0.4) is 0 Å². The third kappa shape index (κ3) is 6.83. The molecule has 69 heavy (non-hydrogen) atoms. The number of nitrogens with zero attached hydrogens (tertiary/aromatic N) is 2. The number of hydrogen-bond donors (Lipinski definition) is 0. The first kappa shape index (κ1) is 42.7. The summed E-state index contributed by atoms with van der Waals surface area (Å²) >= 11 is 0. The van der Waals surface area contributed by atoms with Crippen LogP contribution in [-0.4, -0.2) is 0 Å². The Morgan fingerprint density at radius 3 is 1.00 bits per heavy atom. The van der Waals surface area contributed by atoms with E-state index in [0.29, 0.717) is 0 Å². The maximum atomic E-state index is 2.45. The third-order valence-electron chi connectivity index (χ3n) is 15.8. The lowest BCUT2D eigenvalue weighted by Crippen LogP contribution is -2.18. The van der Waals surface area contributed by atoms with Crippen LogP contribution in [0.5, 0.6) is 0 Å². The van der Waals surface area contributed by atoms with Gasteiger partial charge in [-0.15, -0.1) is 0 Å². The van der Waals surface area contributed by atoms with Crippen LogP contribution >= 0.6 is 0 Å². The summed E-state index contributed by atoms with van der Waals surface area (Å²) in [5.74, 6) is 0. The molecule has 0 spiro atoms. The van der Waals surface area contributed by atoms with Crippen LogP contribution in [0.25, 0.3) is 45.5 Å². The zero-order valence-corrected chi connectivity index (χ0v) is 41.0. The van der Waals surface area contributed by atoms with Gasteiger partial charge in [0.15, 0.2) is 0 Å². The molecule has 0 fully saturated rings. The van der Waals surface area contributed by atoms with Crippen LogP contribution in [0.1, 0.15) is 97.2 Å². The van der Waals surface area contributed by atoms with Gasteiger partial charge in [-0.1, -0.05) is 186 Å². The number of benzene rings is 9. The lowest BCUT2D eigenvalue weighted by Gasteiger charge is -2.29. The van der Waals surface area contributed by atoms with Gasteiger partial charge in [-0.25, -0.2) is 0 Å². The van der Waals surface area contributed by atoms with E-state index in [9.17, 15) is 0 Å². The average molecular weight is 891 g/mol.